The van der Waals surface area contributed by atoms with Crippen LogP contribution in [0.2, 0.25) is 0 Å². The van der Waals surface area contributed by atoms with Crippen LogP contribution >= 0.6 is 15.9 Å². The molecule has 116 valence electrons. The number of primary sulfonamides is 1. The Labute approximate surface area is 132 Å². The second-order valence-corrected chi connectivity index (χ2v) is 7.82. The minimum Gasteiger partial charge on any atom is -0.381 e. The lowest BCUT2D eigenvalue weighted by Gasteiger charge is -2.34. The lowest BCUT2D eigenvalue weighted by atomic mass is 9.92. The largest absolute Gasteiger partial charge is 0.381 e. The molecule has 1 aromatic rings. The minimum absolute atomic E-state index is 0.0980. The molecular formula is C13H17BrN2O4S. The van der Waals surface area contributed by atoms with E-state index < -0.39 is 10.0 Å². The highest BCUT2D eigenvalue weighted by molar-refractivity contribution is 9.10. The van der Waals surface area contributed by atoms with Crippen molar-refractivity contribution in [2.75, 3.05) is 13.2 Å². The van der Waals surface area contributed by atoms with Crippen LogP contribution in [0.25, 0.3) is 0 Å². The van der Waals surface area contributed by atoms with Crippen LogP contribution in [0.3, 0.4) is 0 Å². The number of sulfonamides is 1. The van der Waals surface area contributed by atoms with Gasteiger partial charge in [-0.25, -0.2) is 13.6 Å². The molecule has 0 aliphatic carbocycles. The van der Waals surface area contributed by atoms with Gasteiger partial charge in [0, 0.05) is 28.8 Å². The van der Waals surface area contributed by atoms with Crippen molar-refractivity contribution < 1.29 is 17.9 Å². The molecule has 1 heterocycles. The molecule has 3 N–H and O–H groups in total. The van der Waals surface area contributed by atoms with Crippen LogP contribution in [-0.4, -0.2) is 33.1 Å². The fourth-order valence-electron chi connectivity index (χ4n) is 2.15. The van der Waals surface area contributed by atoms with Crippen molar-refractivity contribution in [2.24, 2.45) is 5.14 Å². The van der Waals surface area contributed by atoms with Gasteiger partial charge in [0.2, 0.25) is 10.0 Å². The first-order valence-electron chi connectivity index (χ1n) is 6.43. The zero-order chi connectivity index (χ0) is 15.7. The van der Waals surface area contributed by atoms with Crippen LogP contribution in [-0.2, 0) is 14.8 Å². The van der Waals surface area contributed by atoms with Crippen LogP contribution in [0.15, 0.2) is 27.6 Å². The Morgan fingerprint density at radius 3 is 2.52 bits per heavy atom. The molecule has 1 amide bonds. The van der Waals surface area contributed by atoms with Crippen LogP contribution in [0.1, 0.15) is 30.1 Å². The first-order chi connectivity index (χ1) is 9.70. The van der Waals surface area contributed by atoms with E-state index in [1.54, 1.807) is 6.07 Å². The minimum atomic E-state index is -3.86. The molecule has 0 radical (unpaired) electrons. The van der Waals surface area contributed by atoms with Gasteiger partial charge in [-0.05, 0) is 38.0 Å². The number of nitrogens with two attached hydrogens (primary N) is 1. The Hall–Kier alpha value is -0.960. The third kappa shape index (κ3) is 4.26. The molecule has 21 heavy (non-hydrogen) atoms. The van der Waals surface area contributed by atoms with Gasteiger partial charge in [-0.3, -0.25) is 4.79 Å². The van der Waals surface area contributed by atoms with Crippen LogP contribution in [0, 0.1) is 0 Å². The van der Waals surface area contributed by atoms with Crippen molar-refractivity contribution in [3.8, 4) is 0 Å². The highest BCUT2D eigenvalue weighted by Gasteiger charge is 2.29. The predicted molar refractivity (Wildman–Crippen MR) is 81.4 cm³/mol. The number of carbonyl (C=O) groups excluding carboxylic acids is 1. The number of carbonyl (C=O) groups is 1. The highest BCUT2D eigenvalue weighted by Crippen LogP contribution is 2.22. The second kappa shape index (κ2) is 6.04. The maximum atomic E-state index is 12.3. The molecule has 0 unspecified atom stereocenters. The molecule has 1 aromatic carbocycles. The molecule has 1 aliphatic heterocycles. The van der Waals surface area contributed by atoms with E-state index >= 15 is 0 Å². The van der Waals surface area contributed by atoms with Gasteiger partial charge in [-0.15, -0.1) is 0 Å². The second-order valence-electron chi connectivity index (χ2n) is 5.35. The third-order valence-electron chi connectivity index (χ3n) is 3.47. The maximum absolute atomic E-state index is 12.3. The third-order valence-corrected chi connectivity index (χ3v) is 4.82. The lowest BCUT2D eigenvalue weighted by molar-refractivity contribution is 0.0423. The van der Waals surface area contributed by atoms with E-state index in [-0.39, 0.29) is 21.9 Å². The van der Waals surface area contributed by atoms with Gasteiger partial charge < -0.3 is 10.1 Å². The monoisotopic (exact) mass is 376 g/mol. The molecule has 0 spiro atoms. The molecule has 6 nitrogen and oxygen atoms in total. The van der Waals surface area contributed by atoms with Crippen molar-refractivity contribution in [1.82, 2.24) is 5.32 Å². The van der Waals surface area contributed by atoms with Gasteiger partial charge >= 0.3 is 0 Å². The Bertz CT molecular complexity index is 654. The highest BCUT2D eigenvalue weighted by atomic mass is 79.9. The summed E-state index contributed by atoms with van der Waals surface area (Å²) in [6, 6.07) is 4.20. The van der Waals surface area contributed by atoms with Crippen molar-refractivity contribution in [1.29, 1.82) is 0 Å². The summed E-state index contributed by atoms with van der Waals surface area (Å²) in [4.78, 5) is 12.2. The molecule has 8 heteroatoms. The molecule has 0 aromatic heterocycles. The zero-order valence-electron chi connectivity index (χ0n) is 11.6. The first kappa shape index (κ1) is 16.4. The topological polar surface area (TPSA) is 98.5 Å². The number of amides is 1. The van der Waals surface area contributed by atoms with Crippen molar-refractivity contribution in [2.45, 2.75) is 30.2 Å². The number of benzene rings is 1. The summed E-state index contributed by atoms with van der Waals surface area (Å²) in [5.74, 6) is -0.328. The summed E-state index contributed by atoms with van der Waals surface area (Å²) in [7, 11) is -3.86. The van der Waals surface area contributed by atoms with Crippen molar-refractivity contribution in [3.05, 3.63) is 28.2 Å². The van der Waals surface area contributed by atoms with Gasteiger partial charge in [0.1, 0.15) is 0 Å². The summed E-state index contributed by atoms with van der Waals surface area (Å²) in [5, 5.41) is 8.05. The summed E-state index contributed by atoms with van der Waals surface area (Å²) < 4.78 is 28.6. The Morgan fingerprint density at radius 1 is 1.33 bits per heavy atom. The number of rotatable bonds is 3. The van der Waals surface area contributed by atoms with Gasteiger partial charge in [0.05, 0.1) is 4.90 Å². The van der Waals surface area contributed by atoms with Gasteiger partial charge in [0.25, 0.3) is 5.91 Å². The molecular weight excluding hydrogens is 360 g/mol. The SMILES string of the molecule is CC1(NC(=O)c2cc(Br)cc(S(N)(=O)=O)c2)CCOCC1. The van der Waals surface area contributed by atoms with Crippen LogP contribution < -0.4 is 10.5 Å². The standard InChI is InChI=1S/C13H17BrN2O4S/c1-13(2-4-20-5-3-13)16-12(17)9-6-10(14)8-11(7-9)21(15,18)19/h6-8H,2-5H2,1H3,(H,16,17)(H2,15,18,19). The van der Waals surface area contributed by atoms with E-state index in [0.29, 0.717) is 17.7 Å². The normalized spacial score (nSPS) is 18.2. The number of ether oxygens (including phenoxy) is 1. The van der Waals surface area contributed by atoms with Gasteiger partial charge in [0.15, 0.2) is 0 Å². The van der Waals surface area contributed by atoms with E-state index in [2.05, 4.69) is 21.2 Å². The maximum Gasteiger partial charge on any atom is 0.251 e. The fraction of sp³-hybridized carbons (Fsp3) is 0.462. The van der Waals surface area contributed by atoms with Crippen molar-refractivity contribution in [3.63, 3.8) is 0 Å². The van der Waals surface area contributed by atoms with E-state index in [0.717, 1.165) is 12.8 Å². The number of halogens is 1. The van der Waals surface area contributed by atoms with E-state index in [9.17, 15) is 13.2 Å². The first-order valence-corrected chi connectivity index (χ1v) is 8.77. The summed E-state index contributed by atoms with van der Waals surface area (Å²) in [6.45, 7) is 3.14. The summed E-state index contributed by atoms with van der Waals surface area (Å²) >= 11 is 3.19. The fourth-order valence-corrected chi connectivity index (χ4v) is 3.38. The number of hydrogen-bond donors (Lipinski definition) is 2. The quantitative estimate of drug-likeness (QED) is 0.832. The van der Waals surface area contributed by atoms with Crippen LogP contribution in [0.5, 0.6) is 0 Å². The van der Waals surface area contributed by atoms with E-state index in [4.69, 9.17) is 9.88 Å². The Balaban J connectivity index is 2.25. The average molecular weight is 377 g/mol. The summed E-state index contributed by atoms with van der Waals surface area (Å²) in [5.41, 5.74) is -0.0968. The average Bonchev–Trinajstić information content (AvgIpc) is 2.37. The Morgan fingerprint density at radius 2 is 1.95 bits per heavy atom. The molecule has 0 atom stereocenters. The molecule has 1 saturated heterocycles. The number of nitrogens with one attached hydrogen (secondary N) is 1. The van der Waals surface area contributed by atoms with Gasteiger partial charge in [-0.2, -0.15) is 0 Å². The Kier molecular flexibility index (Phi) is 4.72. The lowest BCUT2D eigenvalue weighted by Crippen LogP contribution is -2.49. The zero-order valence-corrected chi connectivity index (χ0v) is 14.0. The smallest absolute Gasteiger partial charge is 0.251 e. The molecule has 0 bridgehead atoms. The summed E-state index contributed by atoms with van der Waals surface area (Å²) in [6.07, 6.45) is 1.43. The van der Waals surface area contributed by atoms with Gasteiger partial charge in [-0.1, -0.05) is 15.9 Å². The van der Waals surface area contributed by atoms with Crippen LogP contribution in [0.4, 0.5) is 0 Å². The molecule has 2 rings (SSSR count). The van der Waals surface area contributed by atoms with Crippen molar-refractivity contribution >= 4 is 31.9 Å². The predicted octanol–water partition coefficient (Wildman–Crippen LogP) is 1.40. The molecule has 0 saturated carbocycles. The van der Waals surface area contributed by atoms with E-state index in [1.807, 2.05) is 6.92 Å². The molecule has 1 aliphatic rings. The molecule has 1 fully saturated rings. The van der Waals surface area contributed by atoms with E-state index in [1.165, 1.54) is 12.1 Å². The number of hydrogen-bond acceptors (Lipinski definition) is 4.